The van der Waals surface area contributed by atoms with E-state index in [1.165, 1.54) is 13.0 Å². The van der Waals surface area contributed by atoms with E-state index in [9.17, 15) is 28.2 Å². The lowest BCUT2D eigenvalue weighted by atomic mass is 10.0. The molecule has 2 unspecified atom stereocenters. The maximum absolute atomic E-state index is 12.7. The fraction of sp³-hybridized carbons (Fsp3) is 0.417. The Balaban J connectivity index is 2.95. The van der Waals surface area contributed by atoms with Gasteiger partial charge in [0.15, 0.2) is 5.12 Å². The summed E-state index contributed by atoms with van der Waals surface area (Å²) < 4.78 is 38.1. The molecule has 20 heavy (non-hydrogen) atoms. The number of halogens is 4. The highest BCUT2D eigenvalue weighted by Crippen LogP contribution is 2.34. The molecular formula is C12H12BrF3O3S. The van der Waals surface area contributed by atoms with Gasteiger partial charge in [0, 0.05) is 17.1 Å². The predicted octanol–water partition coefficient (Wildman–Crippen LogP) is 3.14. The van der Waals surface area contributed by atoms with Crippen LogP contribution < -0.4 is 0 Å². The summed E-state index contributed by atoms with van der Waals surface area (Å²) in [5, 5.41) is 19.3. The molecule has 1 aromatic carbocycles. The number of hydrogen-bond donors (Lipinski definition) is 2. The monoisotopic (exact) mass is 372 g/mol. The first-order valence-corrected chi connectivity index (χ1v) is 7.26. The Morgan fingerprint density at radius 3 is 2.45 bits per heavy atom. The third-order valence-electron chi connectivity index (χ3n) is 2.41. The van der Waals surface area contributed by atoms with E-state index >= 15 is 0 Å². The minimum absolute atomic E-state index is 0.0663. The molecule has 0 heterocycles. The number of alkyl halides is 3. The van der Waals surface area contributed by atoms with Crippen molar-refractivity contribution in [1.82, 2.24) is 0 Å². The molecule has 2 atom stereocenters. The molecule has 1 aromatic rings. The molecule has 0 radical (unpaired) electrons. The van der Waals surface area contributed by atoms with E-state index in [4.69, 9.17) is 0 Å². The van der Waals surface area contributed by atoms with Gasteiger partial charge >= 0.3 is 6.18 Å². The van der Waals surface area contributed by atoms with Crippen LogP contribution in [0.15, 0.2) is 22.7 Å². The number of thioether (sulfide) groups is 1. The first kappa shape index (κ1) is 17.5. The summed E-state index contributed by atoms with van der Waals surface area (Å²) in [6, 6.07) is 2.95. The van der Waals surface area contributed by atoms with Crippen LogP contribution in [0.25, 0.3) is 0 Å². The molecule has 8 heteroatoms. The van der Waals surface area contributed by atoms with Gasteiger partial charge in [-0.1, -0.05) is 27.7 Å². The largest absolute Gasteiger partial charge is 0.416 e. The second-order valence-electron chi connectivity index (χ2n) is 4.09. The lowest BCUT2D eigenvalue weighted by Gasteiger charge is -2.19. The van der Waals surface area contributed by atoms with E-state index < -0.39 is 23.9 Å². The number of aliphatic hydroxyl groups excluding tert-OH is 2. The normalized spacial score (nSPS) is 14.9. The Morgan fingerprint density at radius 1 is 1.35 bits per heavy atom. The average molecular weight is 373 g/mol. The van der Waals surface area contributed by atoms with Crippen LogP contribution in [0.1, 0.15) is 24.2 Å². The fourth-order valence-electron chi connectivity index (χ4n) is 1.46. The van der Waals surface area contributed by atoms with Crippen LogP contribution in [0.4, 0.5) is 13.2 Å². The third-order valence-corrected chi connectivity index (χ3v) is 3.78. The molecule has 1 rings (SSSR count). The number of rotatable bonds is 4. The van der Waals surface area contributed by atoms with Crippen molar-refractivity contribution in [3.8, 4) is 0 Å². The lowest BCUT2D eigenvalue weighted by Crippen LogP contribution is -2.22. The SMILES string of the molecule is CC(=O)SCC(O)C(O)c1cc(Br)cc(C(F)(F)F)c1. The van der Waals surface area contributed by atoms with Gasteiger partial charge in [-0.05, 0) is 23.8 Å². The molecule has 112 valence electrons. The summed E-state index contributed by atoms with van der Waals surface area (Å²) in [5.74, 6) is -0.0929. The second kappa shape index (κ2) is 6.93. The van der Waals surface area contributed by atoms with Crippen LogP contribution in [0.5, 0.6) is 0 Å². The molecule has 0 spiro atoms. The van der Waals surface area contributed by atoms with Gasteiger partial charge in [0.25, 0.3) is 0 Å². The quantitative estimate of drug-likeness (QED) is 0.852. The zero-order valence-electron chi connectivity index (χ0n) is 10.3. The van der Waals surface area contributed by atoms with Crippen LogP contribution in [-0.4, -0.2) is 27.2 Å². The van der Waals surface area contributed by atoms with E-state index in [1.54, 1.807) is 0 Å². The first-order valence-electron chi connectivity index (χ1n) is 5.48. The minimum atomic E-state index is -4.54. The van der Waals surface area contributed by atoms with Gasteiger partial charge in [-0.25, -0.2) is 0 Å². The summed E-state index contributed by atoms with van der Waals surface area (Å²) >= 11 is 3.73. The molecule has 3 nitrogen and oxygen atoms in total. The summed E-state index contributed by atoms with van der Waals surface area (Å²) in [6.45, 7) is 1.30. The maximum atomic E-state index is 12.7. The predicted molar refractivity (Wildman–Crippen MR) is 73.2 cm³/mol. The van der Waals surface area contributed by atoms with E-state index in [2.05, 4.69) is 15.9 Å². The number of aliphatic hydroxyl groups is 2. The fourth-order valence-corrected chi connectivity index (χ4v) is 2.56. The van der Waals surface area contributed by atoms with E-state index in [1.807, 2.05) is 0 Å². The summed E-state index contributed by atoms with van der Waals surface area (Å²) in [5.41, 5.74) is -0.990. The van der Waals surface area contributed by atoms with Crippen molar-refractivity contribution in [2.75, 3.05) is 5.75 Å². The van der Waals surface area contributed by atoms with Crippen LogP contribution in [-0.2, 0) is 11.0 Å². The van der Waals surface area contributed by atoms with Crippen molar-refractivity contribution in [2.24, 2.45) is 0 Å². The molecular weight excluding hydrogens is 361 g/mol. The molecule has 0 amide bonds. The zero-order valence-corrected chi connectivity index (χ0v) is 12.7. The van der Waals surface area contributed by atoms with Crippen molar-refractivity contribution in [1.29, 1.82) is 0 Å². The molecule has 0 saturated carbocycles. The van der Waals surface area contributed by atoms with Crippen molar-refractivity contribution in [3.05, 3.63) is 33.8 Å². The Morgan fingerprint density at radius 2 is 1.95 bits per heavy atom. The van der Waals surface area contributed by atoms with Crippen LogP contribution in [0.2, 0.25) is 0 Å². The summed E-state index contributed by atoms with van der Waals surface area (Å²) in [7, 11) is 0. The highest BCUT2D eigenvalue weighted by Gasteiger charge is 2.32. The van der Waals surface area contributed by atoms with Crippen molar-refractivity contribution < 1.29 is 28.2 Å². The standard InChI is InChI=1S/C12H12BrF3O3S/c1-6(17)20-5-10(18)11(19)7-2-8(12(14,15)16)4-9(13)3-7/h2-4,10-11,18-19H,5H2,1H3. The van der Waals surface area contributed by atoms with Crippen molar-refractivity contribution in [2.45, 2.75) is 25.3 Å². The highest BCUT2D eigenvalue weighted by molar-refractivity contribution is 9.10. The van der Waals surface area contributed by atoms with E-state index in [0.717, 1.165) is 23.9 Å². The molecule has 0 aromatic heterocycles. The molecule has 0 aliphatic rings. The smallest absolute Gasteiger partial charge is 0.389 e. The van der Waals surface area contributed by atoms with Crippen LogP contribution in [0, 0.1) is 0 Å². The van der Waals surface area contributed by atoms with E-state index in [-0.39, 0.29) is 20.9 Å². The van der Waals surface area contributed by atoms with Gasteiger partial charge in [-0.2, -0.15) is 13.2 Å². The molecule has 0 fully saturated rings. The number of carbonyl (C=O) groups is 1. The number of benzene rings is 1. The van der Waals surface area contributed by atoms with Gasteiger partial charge in [0.05, 0.1) is 11.7 Å². The van der Waals surface area contributed by atoms with Crippen molar-refractivity contribution in [3.63, 3.8) is 0 Å². The molecule has 0 aliphatic carbocycles. The Kier molecular flexibility index (Phi) is 6.06. The maximum Gasteiger partial charge on any atom is 0.416 e. The van der Waals surface area contributed by atoms with Crippen LogP contribution >= 0.6 is 27.7 Å². The minimum Gasteiger partial charge on any atom is -0.389 e. The molecule has 2 N–H and O–H groups in total. The number of hydrogen-bond acceptors (Lipinski definition) is 4. The zero-order chi connectivity index (χ0) is 15.5. The third kappa shape index (κ3) is 5.08. The Hall–Kier alpha value is -0.570. The van der Waals surface area contributed by atoms with Gasteiger partial charge in [-0.3, -0.25) is 4.79 Å². The average Bonchev–Trinajstić information content (AvgIpc) is 2.33. The van der Waals surface area contributed by atoms with Gasteiger partial charge in [0.2, 0.25) is 0 Å². The van der Waals surface area contributed by atoms with Crippen LogP contribution in [0.3, 0.4) is 0 Å². The Bertz CT molecular complexity index is 493. The van der Waals surface area contributed by atoms with Crippen molar-refractivity contribution >= 4 is 32.8 Å². The van der Waals surface area contributed by atoms with E-state index in [0.29, 0.717) is 0 Å². The highest BCUT2D eigenvalue weighted by atomic mass is 79.9. The van der Waals surface area contributed by atoms with Gasteiger partial charge < -0.3 is 10.2 Å². The molecule has 0 bridgehead atoms. The molecule has 0 saturated heterocycles. The summed E-state index contributed by atoms with van der Waals surface area (Å²) in [4.78, 5) is 10.8. The summed E-state index contributed by atoms with van der Waals surface area (Å²) in [6.07, 6.45) is -7.38. The van der Waals surface area contributed by atoms with Gasteiger partial charge in [0.1, 0.15) is 6.10 Å². The van der Waals surface area contributed by atoms with Gasteiger partial charge in [-0.15, -0.1) is 0 Å². The molecule has 0 aliphatic heterocycles. The topological polar surface area (TPSA) is 57.5 Å². The second-order valence-corrected chi connectivity index (χ2v) is 6.20. The first-order chi connectivity index (χ1) is 9.11. The lowest BCUT2D eigenvalue weighted by molar-refractivity contribution is -0.137. The number of carbonyl (C=O) groups excluding carboxylic acids is 1. The Labute approximate surface area is 126 Å².